The Morgan fingerprint density at radius 1 is 1.33 bits per heavy atom. The molecule has 1 aromatic carbocycles. The summed E-state index contributed by atoms with van der Waals surface area (Å²) in [6, 6.07) is 2.50. The molecule has 0 unspecified atom stereocenters. The van der Waals surface area contributed by atoms with Gasteiger partial charge >= 0.3 is 10.2 Å². The van der Waals surface area contributed by atoms with Crippen LogP contribution in [-0.2, 0) is 10.2 Å². The summed E-state index contributed by atoms with van der Waals surface area (Å²) in [6.07, 6.45) is -2.86. The largest absolute Gasteiger partial charge is 0.495 e. The van der Waals surface area contributed by atoms with Gasteiger partial charge in [0.1, 0.15) is 10.6 Å². The van der Waals surface area contributed by atoms with Crippen molar-refractivity contribution in [1.82, 2.24) is 0 Å². The molecule has 0 spiro atoms. The van der Waals surface area contributed by atoms with Crippen molar-refractivity contribution in [2.24, 2.45) is 0 Å². The Hall–Kier alpha value is -1.24. The quantitative estimate of drug-likeness (QED) is 0.761. The zero-order valence-corrected chi connectivity index (χ0v) is 8.39. The first-order valence-corrected chi connectivity index (χ1v) is 5.15. The second-order valence-electron chi connectivity index (χ2n) is 2.65. The van der Waals surface area contributed by atoms with Crippen molar-refractivity contribution >= 4 is 10.2 Å². The molecule has 0 radical (unpaired) electrons. The summed E-state index contributed by atoms with van der Waals surface area (Å²) < 4.78 is 62.8. The molecule has 0 aliphatic heterocycles. The maximum atomic E-state index is 12.7. The Balaban J connectivity index is 3.39. The normalized spacial score (nSPS) is 11.8. The van der Waals surface area contributed by atoms with Gasteiger partial charge < -0.3 is 4.74 Å². The van der Waals surface area contributed by atoms with Crippen LogP contribution >= 0.6 is 0 Å². The van der Waals surface area contributed by atoms with Gasteiger partial charge in [0.15, 0.2) is 0 Å². The highest BCUT2D eigenvalue weighted by Crippen LogP contribution is 2.30. The highest BCUT2D eigenvalue weighted by atomic mass is 32.3. The number of benzene rings is 1. The molecule has 0 saturated carbocycles. The molecule has 0 saturated heterocycles. The molecule has 0 heterocycles. The van der Waals surface area contributed by atoms with Crippen LogP contribution < -0.4 is 4.74 Å². The van der Waals surface area contributed by atoms with E-state index in [-0.39, 0.29) is 5.75 Å². The second-order valence-corrected chi connectivity index (χ2v) is 3.96. The number of hydrogen-bond acceptors (Lipinski definition) is 3. The van der Waals surface area contributed by atoms with E-state index in [2.05, 4.69) is 4.74 Å². The molecule has 0 bridgehead atoms. The third-order valence-corrected chi connectivity index (χ3v) is 2.55. The Morgan fingerprint density at radius 3 is 2.33 bits per heavy atom. The van der Waals surface area contributed by atoms with E-state index in [9.17, 15) is 21.1 Å². The lowest BCUT2D eigenvalue weighted by Crippen LogP contribution is -1.98. The molecule has 3 nitrogen and oxygen atoms in total. The van der Waals surface area contributed by atoms with E-state index < -0.39 is 27.1 Å². The van der Waals surface area contributed by atoms with Gasteiger partial charge in [0.05, 0.1) is 7.11 Å². The maximum absolute atomic E-state index is 12.7. The summed E-state index contributed by atoms with van der Waals surface area (Å²) in [5.41, 5.74) is -0.577. The Kier molecular flexibility index (Phi) is 3.23. The van der Waals surface area contributed by atoms with Crippen molar-refractivity contribution in [3.63, 3.8) is 0 Å². The molecule has 15 heavy (non-hydrogen) atoms. The average Bonchev–Trinajstić information content (AvgIpc) is 2.15. The van der Waals surface area contributed by atoms with Crippen LogP contribution in [0.3, 0.4) is 0 Å². The maximum Gasteiger partial charge on any atom is 0.335 e. The van der Waals surface area contributed by atoms with Gasteiger partial charge in [0, 0.05) is 5.56 Å². The van der Waals surface area contributed by atoms with E-state index in [0.29, 0.717) is 6.07 Å². The first-order valence-electron chi connectivity index (χ1n) is 3.77. The molecule has 1 rings (SSSR count). The predicted molar refractivity (Wildman–Crippen MR) is 46.2 cm³/mol. The van der Waals surface area contributed by atoms with Crippen molar-refractivity contribution in [3.8, 4) is 5.75 Å². The molecule has 0 aliphatic carbocycles. The smallest absolute Gasteiger partial charge is 0.335 e. The standard InChI is InChI=1S/C8H7F3O3S/c1-14-6-3-2-5(8(9)10)4-7(6)15(11,12)13/h2-4,8H,1H3. The zero-order valence-electron chi connectivity index (χ0n) is 7.58. The molecule has 0 atom stereocenters. The average molecular weight is 240 g/mol. The lowest BCUT2D eigenvalue weighted by atomic mass is 10.2. The summed E-state index contributed by atoms with van der Waals surface area (Å²) in [4.78, 5) is -0.886. The van der Waals surface area contributed by atoms with Gasteiger partial charge in [-0.3, -0.25) is 0 Å². The van der Waals surface area contributed by atoms with Crippen LogP contribution in [0.4, 0.5) is 12.7 Å². The molecule has 0 aromatic heterocycles. The number of alkyl halides is 2. The van der Waals surface area contributed by atoms with Gasteiger partial charge in [0.25, 0.3) is 6.43 Å². The fourth-order valence-electron chi connectivity index (χ4n) is 1.02. The van der Waals surface area contributed by atoms with Gasteiger partial charge in [-0.25, -0.2) is 8.78 Å². The third-order valence-electron chi connectivity index (χ3n) is 1.70. The van der Waals surface area contributed by atoms with Crippen molar-refractivity contribution in [3.05, 3.63) is 23.8 Å². The predicted octanol–water partition coefficient (Wildman–Crippen LogP) is 2.29. The van der Waals surface area contributed by atoms with Gasteiger partial charge in [-0.15, -0.1) is 3.89 Å². The van der Waals surface area contributed by atoms with Crippen LogP contribution in [0.1, 0.15) is 12.0 Å². The fourth-order valence-corrected chi connectivity index (χ4v) is 1.69. The van der Waals surface area contributed by atoms with Crippen LogP contribution in [-0.4, -0.2) is 15.5 Å². The van der Waals surface area contributed by atoms with E-state index >= 15 is 0 Å². The lowest BCUT2D eigenvalue weighted by molar-refractivity contribution is 0.151. The molecule has 7 heteroatoms. The van der Waals surface area contributed by atoms with Crippen LogP contribution in [0.25, 0.3) is 0 Å². The molecule has 0 amide bonds. The Bertz CT molecular complexity index is 456. The number of hydrogen-bond donors (Lipinski definition) is 0. The molecule has 0 fully saturated rings. The van der Waals surface area contributed by atoms with Crippen LogP contribution in [0.15, 0.2) is 23.1 Å². The van der Waals surface area contributed by atoms with E-state index in [1.165, 1.54) is 0 Å². The van der Waals surface area contributed by atoms with Crippen molar-refractivity contribution in [2.45, 2.75) is 11.3 Å². The van der Waals surface area contributed by atoms with Gasteiger partial charge in [-0.1, -0.05) is 0 Å². The summed E-state index contributed by atoms with van der Waals surface area (Å²) in [7, 11) is -3.94. The van der Waals surface area contributed by atoms with Crippen LogP contribution in [0.5, 0.6) is 5.75 Å². The SMILES string of the molecule is COc1ccc(C(F)F)cc1S(=O)(=O)F. The van der Waals surface area contributed by atoms with E-state index in [1.54, 1.807) is 0 Å². The first-order chi connectivity index (χ1) is 6.86. The van der Waals surface area contributed by atoms with Gasteiger partial charge in [-0.2, -0.15) is 8.42 Å². The van der Waals surface area contributed by atoms with E-state index in [4.69, 9.17) is 0 Å². The Morgan fingerprint density at radius 2 is 1.93 bits per heavy atom. The molecule has 0 aliphatic rings. The summed E-state index contributed by atoms with van der Waals surface area (Å²) in [6.45, 7) is 0. The lowest BCUT2D eigenvalue weighted by Gasteiger charge is -2.06. The fraction of sp³-hybridized carbons (Fsp3) is 0.250. The molecule has 1 aromatic rings. The number of ether oxygens (including phenoxy) is 1. The topological polar surface area (TPSA) is 43.4 Å². The molecular weight excluding hydrogens is 233 g/mol. The van der Waals surface area contributed by atoms with Gasteiger partial charge in [0.2, 0.25) is 0 Å². The molecule has 0 N–H and O–H groups in total. The Labute approximate surface area is 84.7 Å². The minimum absolute atomic E-state index is 0.304. The summed E-state index contributed by atoms with van der Waals surface area (Å²) in [5, 5.41) is 0. The first kappa shape index (κ1) is 11.8. The van der Waals surface area contributed by atoms with Gasteiger partial charge in [-0.05, 0) is 18.2 Å². The minimum Gasteiger partial charge on any atom is -0.495 e. The number of methoxy groups -OCH3 is 1. The van der Waals surface area contributed by atoms with Crippen LogP contribution in [0.2, 0.25) is 0 Å². The van der Waals surface area contributed by atoms with E-state index in [1.807, 2.05) is 0 Å². The third kappa shape index (κ3) is 2.62. The van der Waals surface area contributed by atoms with Crippen LogP contribution in [0, 0.1) is 0 Å². The minimum atomic E-state index is -5.06. The van der Waals surface area contributed by atoms with Crippen molar-refractivity contribution < 1.29 is 25.8 Å². The molecular formula is C8H7F3O3S. The monoisotopic (exact) mass is 240 g/mol. The zero-order chi connectivity index (χ0) is 11.6. The number of halogens is 3. The second kappa shape index (κ2) is 4.09. The summed E-state index contributed by atoms with van der Waals surface area (Å²) in [5.74, 6) is -0.304. The highest BCUT2D eigenvalue weighted by molar-refractivity contribution is 7.86. The van der Waals surface area contributed by atoms with Crippen molar-refractivity contribution in [1.29, 1.82) is 0 Å². The highest BCUT2D eigenvalue weighted by Gasteiger charge is 2.21. The molecule has 84 valence electrons. The number of rotatable bonds is 3. The summed E-state index contributed by atoms with van der Waals surface area (Å²) >= 11 is 0. The van der Waals surface area contributed by atoms with Crippen molar-refractivity contribution in [2.75, 3.05) is 7.11 Å². The van der Waals surface area contributed by atoms with E-state index in [0.717, 1.165) is 19.2 Å².